The van der Waals surface area contributed by atoms with Crippen molar-refractivity contribution in [3.8, 4) is 5.75 Å². The van der Waals surface area contributed by atoms with Crippen molar-refractivity contribution in [1.82, 2.24) is 19.9 Å². The topological polar surface area (TPSA) is 79.7 Å². The van der Waals surface area contributed by atoms with Crippen molar-refractivity contribution in [3.05, 3.63) is 76.3 Å². The number of benzene rings is 2. The van der Waals surface area contributed by atoms with E-state index in [1.54, 1.807) is 29.4 Å². The summed E-state index contributed by atoms with van der Waals surface area (Å²) in [7, 11) is 0. The quantitative estimate of drug-likeness (QED) is 0.428. The number of rotatable bonds is 7. The Bertz CT molecular complexity index is 1090. The third kappa shape index (κ3) is 7.78. The monoisotopic (exact) mass is 537 g/mol. The molecule has 1 aliphatic rings. The molecular formula is C24H26Cl3N5O3. The smallest absolute Gasteiger partial charge is 0.329 e. The predicted molar refractivity (Wildman–Crippen MR) is 138 cm³/mol. The normalized spacial score (nSPS) is 12.6. The number of carbonyl (C=O) groups excluding carboxylic acids is 2. The SMILES string of the molecule is CCCN(CCOc1c(Cl)cc(Cl)cc1Cl)C(=O)n1ccnc1.O=C1CCN(c2ccccc2)N1. The van der Waals surface area contributed by atoms with Crippen molar-refractivity contribution in [3.63, 3.8) is 0 Å². The van der Waals surface area contributed by atoms with Gasteiger partial charge in [-0.25, -0.2) is 9.78 Å². The summed E-state index contributed by atoms with van der Waals surface area (Å²) in [4.78, 5) is 28.8. The number of halogens is 3. The summed E-state index contributed by atoms with van der Waals surface area (Å²) in [6.07, 6.45) is 6.07. The Hall–Kier alpha value is -2.94. The molecule has 0 atom stereocenters. The van der Waals surface area contributed by atoms with Crippen molar-refractivity contribution in [2.45, 2.75) is 19.8 Å². The number of hydrogen-bond acceptors (Lipinski definition) is 5. The lowest BCUT2D eigenvalue weighted by molar-refractivity contribution is -0.119. The summed E-state index contributed by atoms with van der Waals surface area (Å²) >= 11 is 18.0. The van der Waals surface area contributed by atoms with Gasteiger partial charge in [0, 0.05) is 36.9 Å². The van der Waals surface area contributed by atoms with Crippen molar-refractivity contribution >= 4 is 52.4 Å². The van der Waals surface area contributed by atoms with E-state index in [0.29, 0.717) is 40.3 Å². The Morgan fingerprint density at radius 2 is 1.86 bits per heavy atom. The average molecular weight is 539 g/mol. The molecule has 35 heavy (non-hydrogen) atoms. The van der Waals surface area contributed by atoms with Gasteiger partial charge in [-0.1, -0.05) is 59.9 Å². The molecule has 1 N–H and O–H groups in total. The van der Waals surface area contributed by atoms with E-state index in [4.69, 9.17) is 39.5 Å². The first-order chi connectivity index (χ1) is 16.9. The molecular weight excluding hydrogens is 513 g/mol. The van der Waals surface area contributed by atoms with Gasteiger partial charge in [-0.2, -0.15) is 0 Å². The Morgan fingerprint density at radius 1 is 1.14 bits per heavy atom. The zero-order valence-corrected chi connectivity index (χ0v) is 21.4. The number of nitrogens with one attached hydrogen (secondary N) is 1. The molecule has 11 heteroatoms. The molecule has 2 aromatic carbocycles. The Kier molecular flexibility index (Phi) is 10.1. The van der Waals surface area contributed by atoms with Crippen LogP contribution >= 0.6 is 34.8 Å². The van der Waals surface area contributed by atoms with Crippen LogP contribution in [0.1, 0.15) is 19.8 Å². The number of hydrogen-bond donors (Lipinski definition) is 1. The third-order valence-electron chi connectivity index (χ3n) is 4.95. The maximum absolute atomic E-state index is 12.3. The lowest BCUT2D eigenvalue weighted by Crippen LogP contribution is -2.37. The minimum Gasteiger partial charge on any atom is -0.489 e. The molecule has 0 aliphatic carbocycles. The minimum absolute atomic E-state index is 0.0962. The number of hydrazine groups is 1. The summed E-state index contributed by atoms with van der Waals surface area (Å²) in [5.41, 5.74) is 3.81. The number of anilines is 1. The van der Waals surface area contributed by atoms with Crippen molar-refractivity contribution < 1.29 is 14.3 Å². The molecule has 8 nitrogen and oxygen atoms in total. The van der Waals surface area contributed by atoms with E-state index in [0.717, 1.165) is 18.7 Å². The molecule has 0 saturated carbocycles. The van der Waals surface area contributed by atoms with Crippen LogP contribution in [-0.4, -0.2) is 52.6 Å². The van der Waals surface area contributed by atoms with Gasteiger partial charge in [0.1, 0.15) is 12.9 Å². The number of aromatic nitrogens is 2. The number of imidazole rings is 1. The maximum atomic E-state index is 12.3. The van der Waals surface area contributed by atoms with Gasteiger partial charge >= 0.3 is 6.03 Å². The minimum atomic E-state index is -0.152. The van der Waals surface area contributed by atoms with Gasteiger partial charge in [0.05, 0.1) is 22.3 Å². The molecule has 2 amide bonds. The summed E-state index contributed by atoms with van der Waals surface area (Å²) in [5, 5.41) is 2.98. The van der Waals surface area contributed by atoms with Crippen molar-refractivity contribution in [2.75, 3.05) is 31.3 Å². The van der Waals surface area contributed by atoms with Crippen LogP contribution in [0.5, 0.6) is 5.75 Å². The molecule has 0 unspecified atom stereocenters. The van der Waals surface area contributed by atoms with E-state index < -0.39 is 0 Å². The van der Waals surface area contributed by atoms with Gasteiger partial charge in [-0.3, -0.25) is 19.8 Å². The molecule has 1 saturated heterocycles. The summed E-state index contributed by atoms with van der Waals surface area (Å²) in [6.45, 7) is 4.05. The fourth-order valence-electron chi connectivity index (χ4n) is 3.31. The Labute approximate surface area is 219 Å². The van der Waals surface area contributed by atoms with E-state index in [-0.39, 0.29) is 18.5 Å². The Balaban J connectivity index is 0.000000237. The van der Waals surface area contributed by atoms with E-state index in [9.17, 15) is 9.59 Å². The number of amides is 2. The van der Waals surface area contributed by atoms with Gasteiger partial charge in [0.15, 0.2) is 5.75 Å². The van der Waals surface area contributed by atoms with E-state index in [1.807, 2.05) is 42.3 Å². The second kappa shape index (κ2) is 13.2. The van der Waals surface area contributed by atoms with Crippen LogP contribution in [0, 0.1) is 0 Å². The molecule has 1 aromatic heterocycles. The van der Waals surface area contributed by atoms with Gasteiger partial charge < -0.3 is 9.64 Å². The highest BCUT2D eigenvalue weighted by Crippen LogP contribution is 2.35. The Morgan fingerprint density at radius 3 is 2.43 bits per heavy atom. The van der Waals surface area contributed by atoms with Crippen molar-refractivity contribution in [2.24, 2.45) is 0 Å². The van der Waals surface area contributed by atoms with Gasteiger partial charge in [0.25, 0.3) is 0 Å². The first-order valence-corrected chi connectivity index (χ1v) is 12.2. The second-order valence-corrected chi connectivity index (χ2v) is 8.81. The highest BCUT2D eigenvalue weighted by Gasteiger charge is 2.18. The van der Waals surface area contributed by atoms with E-state index in [2.05, 4.69) is 10.4 Å². The molecule has 4 rings (SSSR count). The highest BCUT2D eigenvalue weighted by atomic mass is 35.5. The van der Waals surface area contributed by atoms with Crippen LogP contribution in [0.25, 0.3) is 0 Å². The fraction of sp³-hybridized carbons (Fsp3) is 0.292. The van der Waals surface area contributed by atoms with Crippen molar-refractivity contribution in [1.29, 1.82) is 0 Å². The van der Waals surface area contributed by atoms with E-state index >= 15 is 0 Å². The van der Waals surface area contributed by atoms with Crippen LogP contribution in [0.2, 0.25) is 15.1 Å². The third-order valence-corrected chi connectivity index (χ3v) is 5.73. The largest absolute Gasteiger partial charge is 0.489 e. The maximum Gasteiger partial charge on any atom is 0.329 e. The van der Waals surface area contributed by atoms with Crippen LogP contribution in [0.15, 0.2) is 61.2 Å². The fourth-order valence-corrected chi connectivity index (χ4v) is 4.24. The number of ether oxygens (including phenoxy) is 1. The highest BCUT2D eigenvalue weighted by molar-refractivity contribution is 6.40. The van der Waals surface area contributed by atoms with Crippen LogP contribution in [-0.2, 0) is 4.79 Å². The van der Waals surface area contributed by atoms with Crippen LogP contribution in [0.4, 0.5) is 10.5 Å². The molecule has 0 spiro atoms. The molecule has 3 aromatic rings. The standard InChI is InChI=1S/C15H16Cl3N3O2.C9H10N2O/c1-2-4-20(15(22)21-5-3-19-10-21)6-7-23-14-12(17)8-11(16)9-13(14)18;12-9-6-7-11(10-9)8-4-2-1-3-5-8/h3,5,8-10H,2,4,6-7H2,1H3;1-5H,6-7H2,(H,10,12). The number of nitrogens with zero attached hydrogens (tertiary/aromatic N) is 4. The zero-order valence-electron chi connectivity index (χ0n) is 19.2. The first kappa shape index (κ1) is 26.7. The predicted octanol–water partition coefficient (Wildman–Crippen LogP) is 5.53. The van der Waals surface area contributed by atoms with Crippen LogP contribution in [0.3, 0.4) is 0 Å². The number of para-hydroxylation sites is 1. The van der Waals surface area contributed by atoms with Crippen LogP contribution < -0.4 is 15.2 Å². The lowest BCUT2D eigenvalue weighted by atomic mass is 10.3. The van der Waals surface area contributed by atoms with Gasteiger partial charge in [-0.15, -0.1) is 0 Å². The van der Waals surface area contributed by atoms with Gasteiger partial charge in [-0.05, 0) is 30.7 Å². The lowest BCUT2D eigenvalue weighted by Gasteiger charge is -2.22. The molecule has 0 radical (unpaired) electrons. The molecule has 186 valence electrons. The van der Waals surface area contributed by atoms with E-state index in [1.165, 1.54) is 10.9 Å². The molecule has 2 heterocycles. The molecule has 1 aliphatic heterocycles. The first-order valence-electron chi connectivity index (χ1n) is 11.1. The van der Waals surface area contributed by atoms with Gasteiger partial charge in [0.2, 0.25) is 5.91 Å². The average Bonchev–Trinajstić information content (AvgIpc) is 3.53. The summed E-state index contributed by atoms with van der Waals surface area (Å²) in [6, 6.07) is 12.8. The number of carbonyl (C=O) groups is 2. The zero-order chi connectivity index (χ0) is 25.2. The molecule has 0 bridgehead atoms. The molecule has 1 fully saturated rings. The summed E-state index contributed by atoms with van der Waals surface area (Å²) < 4.78 is 7.05. The summed E-state index contributed by atoms with van der Waals surface area (Å²) in [5.74, 6) is 0.461. The second-order valence-electron chi connectivity index (χ2n) is 7.56.